The highest BCUT2D eigenvalue weighted by atomic mass is 14.9. The quantitative estimate of drug-likeness (QED) is 0.914. The van der Waals surface area contributed by atoms with Gasteiger partial charge in [0.05, 0.1) is 0 Å². The minimum Gasteiger partial charge on any atom is -0.383 e. The Morgan fingerprint density at radius 3 is 2.39 bits per heavy atom. The molecule has 2 heterocycles. The molecule has 0 atom stereocenters. The van der Waals surface area contributed by atoms with Gasteiger partial charge in [0.15, 0.2) is 0 Å². The maximum atomic E-state index is 9.53. The standard InChI is InChI=1S/C18H21N5/c1-11-16(14-9-21-12(2)22-10-14)15(8-19)18(20)23-17(11)13-6-4-3-5-7-13/h9-10,13H,3-7H2,1-2H3,(H2,20,23). The van der Waals surface area contributed by atoms with Gasteiger partial charge in [-0.15, -0.1) is 0 Å². The van der Waals surface area contributed by atoms with Crippen LogP contribution in [0.2, 0.25) is 0 Å². The number of anilines is 1. The molecule has 1 aliphatic rings. The van der Waals surface area contributed by atoms with Crippen molar-refractivity contribution >= 4 is 5.82 Å². The van der Waals surface area contributed by atoms with Crippen LogP contribution in [0.4, 0.5) is 5.82 Å². The molecule has 118 valence electrons. The van der Waals surface area contributed by atoms with Gasteiger partial charge in [-0.1, -0.05) is 19.3 Å². The first-order valence-electron chi connectivity index (χ1n) is 8.11. The third-order valence-electron chi connectivity index (χ3n) is 4.68. The first-order valence-corrected chi connectivity index (χ1v) is 8.11. The van der Waals surface area contributed by atoms with E-state index in [0.717, 1.165) is 35.2 Å². The van der Waals surface area contributed by atoms with Gasteiger partial charge in [-0.25, -0.2) is 15.0 Å². The van der Waals surface area contributed by atoms with Crippen LogP contribution in [0.3, 0.4) is 0 Å². The zero-order chi connectivity index (χ0) is 16.4. The molecule has 1 saturated carbocycles. The molecule has 1 fully saturated rings. The number of aromatic nitrogens is 3. The van der Waals surface area contributed by atoms with Gasteiger partial charge in [-0.05, 0) is 32.3 Å². The second-order valence-electron chi connectivity index (χ2n) is 6.22. The Hall–Kier alpha value is -2.48. The molecule has 0 aromatic carbocycles. The van der Waals surface area contributed by atoms with Crippen molar-refractivity contribution in [2.45, 2.75) is 51.9 Å². The Morgan fingerprint density at radius 2 is 1.78 bits per heavy atom. The predicted octanol–water partition coefficient (Wildman–Crippen LogP) is 3.66. The summed E-state index contributed by atoms with van der Waals surface area (Å²) in [5.74, 6) is 1.46. The molecule has 0 unspecified atom stereocenters. The largest absolute Gasteiger partial charge is 0.383 e. The van der Waals surface area contributed by atoms with Crippen molar-refractivity contribution in [1.29, 1.82) is 5.26 Å². The Morgan fingerprint density at radius 1 is 1.13 bits per heavy atom. The summed E-state index contributed by atoms with van der Waals surface area (Å²) in [6.07, 6.45) is 9.56. The van der Waals surface area contributed by atoms with Crippen LogP contribution in [0.1, 0.15) is 60.7 Å². The van der Waals surface area contributed by atoms with Crippen molar-refractivity contribution in [2.24, 2.45) is 0 Å². The smallest absolute Gasteiger partial charge is 0.142 e. The summed E-state index contributed by atoms with van der Waals surface area (Å²) in [5.41, 5.74) is 10.3. The van der Waals surface area contributed by atoms with E-state index in [1.807, 2.05) is 13.8 Å². The van der Waals surface area contributed by atoms with E-state index in [2.05, 4.69) is 21.0 Å². The highest BCUT2D eigenvalue weighted by Gasteiger charge is 2.24. The highest BCUT2D eigenvalue weighted by molar-refractivity contribution is 5.78. The lowest BCUT2D eigenvalue weighted by atomic mass is 9.83. The lowest BCUT2D eigenvalue weighted by molar-refractivity contribution is 0.435. The molecular formula is C18H21N5. The number of nitrogens with two attached hydrogens (primary N) is 1. The monoisotopic (exact) mass is 307 g/mol. The van der Waals surface area contributed by atoms with Gasteiger partial charge in [0.1, 0.15) is 23.3 Å². The molecule has 0 radical (unpaired) electrons. The van der Waals surface area contributed by atoms with E-state index in [1.54, 1.807) is 12.4 Å². The van der Waals surface area contributed by atoms with Crippen LogP contribution in [0, 0.1) is 25.2 Å². The van der Waals surface area contributed by atoms with Gasteiger partial charge in [0, 0.05) is 35.1 Å². The molecule has 0 bridgehead atoms. The summed E-state index contributed by atoms with van der Waals surface area (Å²) < 4.78 is 0. The minimum atomic E-state index is 0.314. The van der Waals surface area contributed by atoms with Crippen molar-refractivity contribution in [1.82, 2.24) is 15.0 Å². The second kappa shape index (κ2) is 6.33. The van der Waals surface area contributed by atoms with Crippen molar-refractivity contribution in [3.05, 3.63) is 35.0 Å². The van der Waals surface area contributed by atoms with Crippen LogP contribution in [0.15, 0.2) is 12.4 Å². The van der Waals surface area contributed by atoms with Gasteiger partial charge < -0.3 is 5.73 Å². The van der Waals surface area contributed by atoms with Crippen molar-refractivity contribution in [3.63, 3.8) is 0 Å². The van der Waals surface area contributed by atoms with Crippen molar-refractivity contribution < 1.29 is 0 Å². The lowest BCUT2D eigenvalue weighted by Gasteiger charge is -2.24. The van der Waals surface area contributed by atoms with E-state index in [1.165, 1.54) is 19.3 Å². The van der Waals surface area contributed by atoms with Crippen LogP contribution >= 0.6 is 0 Å². The number of aryl methyl sites for hydroxylation is 1. The summed E-state index contributed by atoms with van der Waals surface area (Å²) in [7, 11) is 0. The van der Waals surface area contributed by atoms with Gasteiger partial charge in [-0.3, -0.25) is 0 Å². The number of rotatable bonds is 2. The Balaban J connectivity index is 2.18. The molecule has 0 saturated heterocycles. The summed E-state index contributed by atoms with van der Waals surface area (Å²) in [6.45, 7) is 3.88. The average Bonchev–Trinajstić information content (AvgIpc) is 2.58. The van der Waals surface area contributed by atoms with Crippen LogP contribution in [0.25, 0.3) is 11.1 Å². The van der Waals surface area contributed by atoms with E-state index < -0.39 is 0 Å². The number of nitriles is 1. The normalized spacial score (nSPS) is 15.3. The first-order chi connectivity index (χ1) is 11.1. The average molecular weight is 307 g/mol. The fourth-order valence-corrected chi connectivity index (χ4v) is 3.48. The molecular weight excluding hydrogens is 286 g/mol. The van der Waals surface area contributed by atoms with Gasteiger partial charge in [0.25, 0.3) is 0 Å². The molecule has 5 heteroatoms. The molecule has 0 aliphatic heterocycles. The maximum Gasteiger partial charge on any atom is 0.142 e. The fourth-order valence-electron chi connectivity index (χ4n) is 3.48. The number of hydrogen-bond acceptors (Lipinski definition) is 5. The summed E-state index contributed by atoms with van der Waals surface area (Å²) in [6, 6.07) is 2.20. The third kappa shape index (κ3) is 2.89. The molecule has 2 aromatic heterocycles. The lowest BCUT2D eigenvalue weighted by Crippen LogP contribution is -2.12. The predicted molar refractivity (Wildman–Crippen MR) is 89.7 cm³/mol. The van der Waals surface area contributed by atoms with Crippen molar-refractivity contribution in [2.75, 3.05) is 5.73 Å². The molecule has 3 rings (SSSR count). The van der Waals surface area contributed by atoms with E-state index in [4.69, 9.17) is 5.73 Å². The Bertz CT molecular complexity index is 752. The summed E-state index contributed by atoms with van der Waals surface area (Å²) >= 11 is 0. The van der Waals surface area contributed by atoms with Gasteiger partial charge in [-0.2, -0.15) is 5.26 Å². The number of nitrogens with zero attached hydrogens (tertiary/aromatic N) is 4. The zero-order valence-electron chi connectivity index (χ0n) is 13.6. The zero-order valence-corrected chi connectivity index (χ0v) is 13.6. The molecule has 2 N–H and O–H groups in total. The minimum absolute atomic E-state index is 0.314. The summed E-state index contributed by atoms with van der Waals surface area (Å²) in [5, 5.41) is 9.53. The number of nitrogen functional groups attached to an aromatic ring is 1. The molecule has 1 aliphatic carbocycles. The van der Waals surface area contributed by atoms with E-state index in [9.17, 15) is 5.26 Å². The van der Waals surface area contributed by atoms with Gasteiger partial charge in [0.2, 0.25) is 0 Å². The van der Waals surface area contributed by atoms with Crippen LogP contribution < -0.4 is 5.73 Å². The third-order valence-corrected chi connectivity index (χ3v) is 4.68. The number of hydrogen-bond donors (Lipinski definition) is 1. The topological polar surface area (TPSA) is 88.5 Å². The molecule has 23 heavy (non-hydrogen) atoms. The Labute approximate surface area is 136 Å². The van der Waals surface area contributed by atoms with Crippen LogP contribution in [-0.2, 0) is 0 Å². The van der Waals surface area contributed by atoms with E-state index in [0.29, 0.717) is 23.1 Å². The van der Waals surface area contributed by atoms with Crippen LogP contribution in [-0.4, -0.2) is 15.0 Å². The van der Waals surface area contributed by atoms with E-state index in [-0.39, 0.29) is 0 Å². The molecule has 5 nitrogen and oxygen atoms in total. The SMILES string of the molecule is Cc1ncc(-c2c(C)c(C3CCCCC3)nc(N)c2C#N)cn1. The van der Waals surface area contributed by atoms with Crippen LogP contribution in [0.5, 0.6) is 0 Å². The number of pyridine rings is 1. The maximum absolute atomic E-state index is 9.53. The summed E-state index contributed by atoms with van der Waals surface area (Å²) in [4.78, 5) is 13.1. The van der Waals surface area contributed by atoms with Crippen molar-refractivity contribution in [3.8, 4) is 17.2 Å². The van der Waals surface area contributed by atoms with E-state index >= 15 is 0 Å². The van der Waals surface area contributed by atoms with Gasteiger partial charge >= 0.3 is 0 Å². The molecule has 2 aromatic rings. The fraction of sp³-hybridized carbons (Fsp3) is 0.444. The highest BCUT2D eigenvalue weighted by Crippen LogP contribution is 2.38. The second-order valence-corrected chi connectivity index (χ2v) is 6.22. The molecule has 0 amide bonds. The first kappa shape index (κ1) is 15.4. The molecule has 0 spiro atoms. The Kier molecular flexibility index (Phi) is 4.24.